The van der Waals surface area contributed by atoms with E-state index in [2.05, 4.69) is 4.98 Å². The van der Waals surface area contributed by atoms with E-state index in [-0.39, 0.29) is 12.4 Å². The lowest BCUT2D eigenvalue weighted by molar-refractivity contribution is 1.48. The lowest BCUT2D eigenvalue weighted by Gasteiger charge is -1.93. The Morgan fingerprint density at radius 3 is 2.75 bits per heavy atom. The first kappa shape index (κ1) is 9.23. The van der Waals surface area contributed by atoms with Crippen molar-refractivity contribution in [1.29, 1.82) is 0 Å². The van der Waals surface area contributed by atoms with Crippen molar-refractivity contribution in [2.24, 2.45) is 0 Å². The molecule has 2 nitrogen and oxygen atoms in total. The van der Waals surface area contributed by atoms with Crippen LogP contribution in [0, 0.1) is 0 Å². The average molecular weight is 203 g/mol. The van der Waals surface area contributed by atoms with Crippen molar-refractivity contribution in [3.8, 4) is 0 Å². The Labute approximate surface area is 81.1 Å². The van der Waals surface area contributed by atoms with Crippen molar-refractivity contribution >= 4 is 40.6 Å². The Morgan fingerprint density at radius 1 is 1.33 bits per heavy atom. The maximum Gasteiger partial charge on any atom is 0.0703 e. The van der Waals surface area contributed by atoms with Gasteiger partial charge in [-0.3, -0.25) is 0 Å². The van der Waals surface area contributed by atoms with Gasteiger partial charge in [0.1, 0.15) is 0 Å². The van der Waals surface area contributed by atoms with Crippen LogP contribution in [0.5, 0.6) is 0 Å². The molecule has 1 aromatic heterocycles. The smallest absolute Gasteiger partial charge is 0.0703 e. The summed E-state index contributed by atoms with van der Waals surface area (Å²) in [5.74, 6) is 0. The molecule has 0 radical (unpaired) electrons. The maximum atomic E-state index is 5.86. The van der Waals surface area contributed by atoms with Gasteiger partial charge in [-0.1, -0.05) is 23.7 Å². The minimum Gasteiger partial charge on any atom is -0.397 e. The molecule has 0 atom stereocenters. The molecule has 0 aliphatic rings. The first-order valence-corrected chi connectivity index (χ1v) is 3.68. The van der Waals surface area contributed by atoms with Crippen molar-refractivity contribution in [3.05, 3.63) is 29.4 Å². The molecule has 64 valence electrons. The van der Waals surface area contributed by atoms with E-state index >= 15 is 0 Å². The van der Waals surface area contributed by atoms with E-state index in [1.807, 2.05) is 18.2 Å². The molecule has 0 saturated carbocycles. The van der Waals surface area contributed by atoms with Gasteiger partial charge < -0.3 is 10.7 Å². The van der Waals surface area contributed by atoms with Gasteiger partial charge >= 0.3 is 0 Å². The Hall–Kier alpha value is -0.860. The fourth-order valence-corrected chi connectivity index (χ4v) is 1.36. The highest BCUT2D eigenvalue weighted by Gasteiger charge is 2.01. The molecule has 4 heteroatoms. The quantitative estimate of drug-likeness (QED) is 0.635. The second kappa shape index (κ2) is 3.25. The van der Waals surface area contributed by atoms with Crippen LogP contribution in [0.4, 0.5) is 5.69 Å². The number of rotatable bonds is 0. The molecule has 0 saturated heterocycles. The number of fused-ring (bicyclic) bond motifs is 1. The van der Waals surface area contributed by atoms with E-state index in [1.165, 1.54) is 0 Å². The molecule has 0 aliphatic heterocycles. The van der Waals surface area contributed by atoms with Crippen LogP contribution in [0.25, 0.3) is 10.9 Å². The third-order valence-electron chi connectivity index (χ3n) is 1.70. The summed E-state index contributed by atoms with van der Waals surface area (Å²) in [6, 6.07) is 5.66. The second-order valence-electron chi connectivity index (χ2n) is 2.41. The number of benzene rings is 1. The zero-order valence-corrected chi connectivity index (χ0v) is 7.75. The number of hydrogen-bond acceptors (Lipinski definition) is 1. The number of aromatic nitrogens is 1. The summed E-state index contributed by atoms with van der Waals surface area (Å²) < 4.78 is 0. The molecule has 0 aliphatic carbocycles. The molecule has 0 amide bonds. The third kappa shape index (κ3) is 1.24. The monoisotopic (exact) mass is 202 g/mol. The Balaban J connectivity index is 0.000000720. The lowest BCUT2D eigenvalue weighted by Crippen LogP contribution is -1.84. The zero-order valence-electron chi connectivity index (χ0n) is 6.17. The minimum atomic E-state index is 0. The van der Waals surface area contributed by atoms with Crippen LogP contribution < -0.4 is 5.73 Å². The van der Waals surface area contributed by atoms with Gasteiger partial charge in [0.05, 0.1) is 16.2 Å². The molecule has 0 spiro atoms. The minimum absolute atomic E-state index is 0. The Morgan fingerprint density at radius 2 is 2.08 bits per heavy atom. The highest BCUT2D eigenvalue weighted by atomic mass is 35.5. The number of para-hydroxylation sites is 1. The molecule has 2 aromatic rings. The summed E-state index contributed by atoms with van der Waals surface area (Å²) in [6.07, 6.45) is 1.74. The van der Waals surface area contributed by atoms with Crippen LogP contribution in [0.3, 0.4) is 0 Å². The normalized spacial score (nSPS) is 9.75. The average Bonchev–Trinajstić information content (AvgIpc) is 2.35. The number of H-pyrrole nitrogens is 1. The Kier molecular flexibility index (Phi) is 2.50. The van der Waals surface area contributed by atoms with Crippen molar-refractivity contribution in [3.63, 3.8) is 0 Å². The first-order valence-electron chi connectivity index (χ1n) is 3.30. The SMILES string of the molecule is Cl.Nc1cccc2c(Cl)c[nH]c12. The molecule has 1 heterocycles. The van der Waals surface area contributed by atoms with Gasteiger partial charge in [0.25, 0.3) is 0 Å². The van der Waals surface area contributed by atoms with Gasteiger partial charge in [-0.05, 0) is 6.07 Å². The number of nitrogen functional groups attached to an aromatic ring is 1. The highest BCUT2D eigenvalue weighted by molar-refractivity contribution is 6.35. The summed E-state index contributed by atoms with van der Waals surface area (Å²) in [5.41, 5.74) is 7.32. The highest BCUT2D eigenvalue weighted by Crippen LogP contribution is 2.26. The van der Waals surface area contributed by atoms with Gasteiger partial charge in [0, 0.05) is 11.6 Å². The van der Waals surface area contributed by atoms with Crippen molar-refractivity contribution in [2.45, 2.75) is 0 Å². The van der Waals surface area contributed by atoms with E-state index < -0.39 is 0 Å². The number of nitrogens with two attached hydrogens (primary N) is 1. The molecule has 3 N–H and O–H groups in total. The van der Waals surface area contributed by atoms with E-state index in [0.717, 1.165) is 16.6 Å². The van der Waals surface area contributed by atoms with E-state index in [0.29, 0.717) is 5.02 Å². The summed E-state index contributed by atoms with van der Waals surface area (Å²) in [7, 11) is 0. The predicted molar refractivity (Wildman–Crippen MR) is 55.0 cm³/mol. The summed E-state index contributed by atoms with van der Waals surface area (Å²) in [5, 5.41) is 1.69. The number of nitrogens with one attached hydrogen (secondary N) is 1. The number of aromatic amines is 1. The fourth-order valence-electron chi connectivity index (χ4n) is 1.14. The standard InChI is InChI=1S/C8H7ClN2.ClH/c9-6-4-11-8-5(6)2-1-3-7(8)10;/h1-4,11H,10H2;1H. The van der Waals surface area contributed by atoms with Crippen LogP contribution in [0.1, 0.15) is 0 Å². The predicted octanol–water partition coefficient (Wildman–Crippen LogP) is 2.83. The van der Waals surface area contributed by atoms with Crippen LogP contribution in [0.15, 0.2) is 24.4 Å². The van der Waals surface area contributed by atoms with Crippen molar-refractivity contribution in [1.82, 2.24) is 4.98 Å². The van der Waals surface area contributed by atoms with E-state index in [4.69, 9.17) is 17.3 Å². The number of hydrogen-bond donors (Lipinski definition) is 2. The van der Waals surface area contributed by atoms with Gasteiger partial charge in [-0.2, -0.15) is 0 Å². The molecule has 0 fully saturated rings. The third-order valence-corrected chi connectivity index (χ3v) is 2.01. The molecule has 1 aromatic carbocycles. The molecule has 2 rings (SSSR count). The van der Waals surface area contributed by atoms with E-state index in [1.54, 1.807) is 6.20 Å². The molecular weight excluding hydrogens is 195 g/mol. The molecular formula is C8H8Cl2N2. The largest absolute Gasteiger partial charge is 0.397 e. The molecule has 0 bridgehead atoms. The molecule has 0 unspecified atom stereocenters. The first-order chi connectivity index (χ1) is 5.29. The van der Waals surface area contributed by atoms with Gasteiger partial charge in [0.15, 0.2) is 0 Å². The number of halogens is 2. The topological polar surface area (TPSA) is 41.8 Å². The van der Waals surface area contributed by atoms with Crippen LogP contribution >= 0.6 is 24.0 Å². The van der Waals surface area contributed by atoms with Crippen LogP contribution in [0.2, 0.25) is 5.02 Å². The lowest BCUT2D eigenvalue weighted by atomic mass is 10.2. The summed E-state index contributed by atoms with van der Waals surface area (Å²) in [6.45, 7) is 0. The maximum absolute atomic E-state index is 5.86. The van der Waals surface area contributed by atoms with Gasteiger partial charge in [0.2, 0.25) is 0 Å². The van der Waals surface area contributed by atoms with Crippen molar-refractivity contribution in [2.75, 3.05) is 5.73 Å². The second-order valence-corrected chi connectivity index (χ2v) is 2.81. The summed E-state index contributed by atoms with van der Waals surface area (Å²) >= 11 is 5.86. The fraction of sp³-hybridized carbons (Fsp3) is 0. The Bertz CT molecular complexity index is 395. The molecule has 12 heavy (non-hydrogen) atoms. The van der Waals surface area contributed by atoms with Crippen LogP contribution in [-0.4, -0.2) is 4.98 Å². The van der Waals surface area contributed by atoms with Crippen LogP contribution in [-0.2, 0) is 0 Å². The zero-order chi connectivity index (χ0) is 7.84. The van der Waals surface area contributed by atoms with Gasteiger partial charge in [-0.15, -0.1) is 12.4 Å². The number of anilines is 1. The van der Waals surface area contributed by atoms with Crippen molar-refractivity contribution < 1.29 is 0 Å². The van der Waals surface area contributed by atoms with Gasteiger partial charge in [-0.25, -0.2) is 0 Å². The van der Waals surface area contributed by atoms with E-state index in [9.17, 15) is 0 Å². The summed E-state index contributed by atoms with van der Waals surface area (Å²) in [4.78, 5) is 3.00.